The molecule has 1 saturated carbocycles. The van der Waals surface area contributed by atoms with Crippen LogP contribution in [0.5, 0.6) is 0 Å². The Morgan fingerprint density at radius 3 is 2.67 bits per heavy atom. The summed E-state index contributed by atoms with van der Waals surface area (Å²) in [6, 6.07) is 5.29. The maximum Gasteiger partial charge on any atom is 0.131 e. The molecule has 33 heavy (non-hydrogen) atoms. The molecule has 0 unspecified atom stereocenters. The van der Waals surface area contributed by atoms with Crippen molar-refractivity contribution in [3.63, 3.8) is 0 Å². The zero-order valence-corrected chi connectivity index (χ0v) is 20.0. The third kappa shape index (κ3) is 4.58. The third-order valence-electron chi connectivity index (χ3n) is 6.27. The number of hydrogen-bond donors (Lipinski definition) is 0. The number of benzene rings is 1. The summed E-state index contributed by atoms with van der Waals surface area (Å²) in [5.41, 5.74) is 7.45. The first kappa shape index (κ1) is 22.8. The van der Waals surface area contributed by atoms with Gasteiger partial charge in [0.25, 0.3) is 0 Å². The van der Waals surface area contributed by atoms with Crippen LogP contribution in [0.1, 0.15) is 50.3 Å². The first-order valence-corrected chi connectivity index (χ1v) is 11.6. The van der Waals surface area contributed by atoms with Gasteiger partial charge in [-0.15, -0.1) is 0 Å². The number of halogens is 1. The van der Waals surface area contributed by atoms with Gasteiger partial charge in [0, 0.05) is 48.0 Å². The molecule has 4 rings (SSSR count). The lowest BCUT2D eigenvalue weighted by atomic mass is 9.88. The van der Waals surface area contributed by atoms with Crippen LogP contribution in [0.3, 0.4) is 0 Å². The Labute approximate surface area is 196 Å². The van der Waals surface area contributed by atoms with Gasteiger partial charge >= 0.3 is 0 Å². The van der Waals surface area contributed by atoms with Crippen molar-refractivity contribution in [2.24, 2.45) is 7.05 Å². The second-order valence-corrected chi connectivity index (χ2v) is 8.67. The van der Waals surface area contributed by atoms with Gasteiger partial charge in [0.05, 0.1) is 12.8 Å². The van der Waals surface area contributed by atoms with Crippen molar-refractivity contribution < 1.29 is 9.13 Å². The molecule has 1 fully saturated rings. The molecule has 2 aliphatic rings. The highest BCUT2D eigenvalue weighted by Gasteiger charge is 2.21. The molecule has 172 valence electrons. The highest BCUT2D eigenvalue weighted by molar-refractivity contribution is 5.82. The monoisotopic (exact) mass is 445 g/mol. The zero-order valence-electron chi connectivity index (χ0n) is 20.0. The molecule has 2 aromatic rings. The summed E-state index contributed by atoms with van der Waals surface area (Å²) in [6.45, 7) is 8.33. The molecular weight excluding hydrogens is 413 g/mol. The normalized spacial score (nSPS) is 16.1. The fraction of sp³-hybridized carbons (Fsp3) is 0.321. The lowest BCUT2D eigenvalue weighted by Crippen LogP contribution is -2.14. The summed E-state index contributed by atoms with van der Waals surface area (Å²) < 4.78 is 22.6. The van der Waals surface area contributed by atoms with E-state index in [0.29, 0.717) is 5.56 Å². The van der Waals surface area contributed by atoms with Gasteiger partial charge in [-0.3, -0.25) is 4.68 Å². The summed E-state index contributed by atoms with van der Waals surface area (Å²) in [7, 11) is 3.59. The summed E-state index contributed by atoms with van der Waals surface area (Å²) in [5, 5.41) is 4.43. The van der Waals surface area contributed by atoms with E-state index in [1.807, 2.05) is 37.3 Å². The molecule has 0 N–H and O–H groups in total. The van der Waals surface area contributed by atoms with Crippen molar-refractivity contribution in [2.75, 3.05) is 7.11 Å². The predicted molar refractivity (Wildman–Crippen MR) is 132 cm³/mol. The van der Waals surface area contributed by atoms with E-state index in [4.69, 9.17) is 4.74 Å². The highest BCUT2D eigenvalue weighted by Crippen LogP contribution is 2.37. The number of methoxy groups -OCH3 is 1. The van der Waals surface area contributed by atoms with Crippen LogP contribution in [0, 0.1) is 12.7 Å². The van der Waals surface area contributed by atoms with Crippen molar-refractivity contribution in [1.82, 2.24) is 14.7 Å². The van der Waals surface area contributed by atoms with Crippen LogP contribution < -0.4 is 0 Å². The highest BCUT2D eigenvalue weighted by atomic mass is 19.1. The van der Waals surface area contributed by atoms with Gasteiger partial charge in [-0.2, -0.15) is 5.10 Å². The van der Waals surface area contributed by atoms with Crippen LogP contribution in [0.25, 0.3) is 16.7 Å². The number of ether oxygens (including phenoxy) is 1. The van der Waals surface area contributed by atoms with Gasteiger partial charge in [-0.25, -0.2) is 4.39 Å². The lowest BCUT2D eigenvalue weighted by molar-refractivity contribution is 0.289. The first-order chi connectivity index (χ1) is 15.9. The Morgan fingerprint density at radius 1 is 1.30 bits per heavy atom. The Morgan fingerprint density at radius 2 is 2.09 bits per heavy atom. The number of nitrogens with zero attached hydrogens (tertiary/aromatic N) is 3. The van der Waals surface area contributed by atoms with Crippen LogP contribution in [-0.2, 0) is 11.8 Å². The molecule has 4 nitrogen and oxygen atoms in total. The number of aryl methyl sites for hydroxylation is 2. The SMILES string of the molecule is C=C1C=C(C(OC)=C2CCC2)C=CN1/C=C(\CCC)c1cccc(F)c1-c1cn(C)nc1C. The van der Waals surface area contributed by atoms with E-state index in [0.717, 1.165) is 65.1 Å². The Kier molecular flexibility index (Phi) is 6.68. The van der Waals surface area contributed by atoms with E-state index in [-0.39, 0.29) is 5.82 Å². The molecular formula is C28H32FN3O. The quantitative estimate of drug-likeness (QED) is 0.429. The molecule has 1 aromatic heterocycles. The Hall–Kier alpha value is -3.34. The van der Waals surface area contributed by atoms with Gasteiger partial charge in [-0.05, 0) is 67.5 Å². The summed E-state index contributed by atoms with van der Waals surface area (Å²) in [5.74, 6) is 0.730. The lowest BCUT2D eigenvalue weighted by Gasteiger charge is -2.26. The van der Waals surface area contributed by atoms with Crippen LogP contribution in [0.15, 0.2) is 78.1 Å². The van der Waals surface area contributed by atoms with E-state index in [9.17, 15) is 0 Å². The predicted octanol–water partition coefficient (Wildman–Crippen LogP) is 7.03. The summed E-state index contributed by atoms with van der Waals surface area (Å²) >= 11 is 0. The van der Waals surface area contributed by atoms with Crippen LogP contribution >= 0.6 is 0 Å². The van der Waals surface area contributed by atoms with Crippen LogP contribution in [0.2, 0.25) is 0 Å². The second kappa shape index (κ2) is 9.65. The number of allylic oxidation sites excluding steroid dienone is 4. The molecule has 1 aliphatic heterocycles. The molecule has 2 heterocycles. The number of rotatable bonds is 7. The van der Waals surface area contributed by atoms with E-state index < -0.39 is 0 Å². The smallest absolute Gasteiger partial charge is 0.131 e. The molecule has 5 heteroatoms. The minimum absolute atomic E-state index is 0.238. The van der Waals surface area contributed by atoms with Crippen molar-refractivity contribution in [2.45, 2.75) is 46.0 Å². The summed E-state index contributed by atoms with van der Waals surface area (Å²) in [4.78, 5) is 2.01. The third-order valence-corrected chi connectivity index (χ3v) is 6.27. The van der Waals surface area contributed by atoms with Crippen molar-refractivity contribution in [3.8, 4) is 11.1 Å². The van der Waals surface area contributed by atoms with E-state index in [2.05, 4.69) is 37.0 Å². The topological polar surface area (TPSA) is 30.3 Å². The Bertz CT molecular complexity index is 1190. The van der Waals surface area contributed by atoms with E-state index in [1.165, 1.54) is 18.1 Å². The number of hydrogen-bond acceptors (Lipinski definition) is 3. The zero-order chi connectivity index (χ0) is 23.5. The average Bonchev–Trinajstić information content (AvgIpc) is 3.08. The molecule has 0 radical (unpaired) electrons. The van der Waals surface area contributed by atoms with Crippen molar-refractivity contribution >= 4 is 5.57 Å². The minimum atomic E-state index is -0.238. The molecule has 0 atom stereocenters. The molecule has 0 bridgehead atoms. The maximum absolute atomic E-state index is 15.1. The molecule has 0 saturated heterocycles. The van der Waals surface area contributed by atoms with Crippen LogP contribution in [0.4, 0.5) is 4.39 Å². The fourth-order valence-electron chi connectivity index (χ4n) is 4.49. The Balaban J connectivity index is 1.72. The number of aromatic nitrogens is 2. The molecule has 0 spiro atoms. The molecule has 1 aliphatic carbocycles. The largest absolute Gasteiger partial charge is 0.496 e. The van der Waals surface area contributed by atoms with Gasteiger partial charge in [-0.1, -0.05) is 32.1 Å². The first-order valence-electron chi connectivity index (χ1n) is 11.6. The van der Waals surface area contributed by atoms with Gasteiger partial charge in [0.1, 0.15) is 11.6 Å². The average molecular weight is 446 g/mol. The van der Waals surface area contributed by atoms with E-state index >= 15 is 4.39 Å². The second-order valence-electron chi connectivity index (χ2n) is 8.67. The van der Waals surface area contributed by atoms with Crippen LogP contribution in [-0.4, -0.2) is 21.8 Å². The van der Waals surface area contributed by atoms with Crippen molar-refractivity contribution in [1.29, 1.82) is 0 Å². The van der Waals surface area contributed by atoms with E-state index in [1.54, 1.807) is 17.9 Å². The van der Waals surface area contributed by atoms with Crippen molar-refractivity contribution in [3.05, 3.63) is 95.2 Å². The van der Waals surface area contributed by atoms with Gasteiger partial charge in [0.2, 0.25) is 0 Å². The standard InChI is InChI=1S/C28H32FN3O/c1-6-9-23(24-12-8-13-26(29)27(24)25-18-31(4)30-20(25)3)17-32-15-14-22(16-19(32)2)28(33-5)21-10-7-11-21/h8,12-18H,2,6-7,9-11H2,1,3-5H3/b23-17+. The van der Waals surface area contributed by atoms with Gasteiger partial charge in [0.15, 0.2) is 0 Å². The fourth-order valence-corrected chi connectivity index (χ4v) is 4.49. The summed E-state index contributed by atoms with van der Waals surface area (Å²) in [6.07, 6.45) is 15.3. The molecule has 0 amide bonds. The maximum atomic E-state index is 15.1. The minimum Gasteiger partial charge on any atom is -0.496 e. The van der Waals surface area contributed by atoms with Gasteiger partial charge < -0.3 is 9.64 Å². The molecule has 1 aromatic carbocycles.